The Morgan fingerprint density at radius 2 is 1.72 bits per heavy atom. The molecule has 0 unspecified atom stereocenters. The quantitative estimate of drug-likeness (QED) is 0.605. The summed E-state index contributed by atoms with van der Waals surface area (Å²) in [5.74, 6) is 1.21. The van der Waals surface area contributed by atoms with E-state index in [9.17, 15) is 15.3 Å². The minimum absolute atomic E-state index is 0.379. The third kappa shape index (κ3) is 6.63. The van der Waals surface area contributed by atoms with Crippen molar-refractivity contribution in [2.24, 2.45) is 0 Å². The zero-order chi connectivity index (χ0) is 23.9. The Morgan fingerprint density at radius 3 is 2.22 bits per heavy atom. The second-order valence-electron chi connectivity index (χ2n) is 8.40. The van der Waals surface area contributed by atoms with Crippen LogP contribution in [0.4, 0.5) is 10.6 Å². The fourth-order valence-corrected chi connectivity index (χ4v) is 3.96. The average Bonchev–Trinajstić information content (AvgIpc) is 2.74. The van der Waals surface area contributed by atoms with Gasteiger partial charge in [-0.25, -0.2) is 9.78 Å². The summed E-state index contributed by atoms with van der Waals surface area (Å²) >= 11 is 1.48. The molecule has 32 heavy (non-hydrogen) atoms. The zero-order valence-corrected chi connectivity index (χ0v) is 20.3. The molecule has 0 aliphatic rings. The number of hydrogen-bond acceptors (Lipinski definition) is 7. The maximum absolute atomic E-state index is 11.8. The molecule has 0 saturated heterocycles. The maximum atomic E-state index is 11.8. The van der Waals surface area contributed by atoms with E-state index in [1.807, 2.05) is 66.1 Å². The van der Waals surface area contributed by atoms with E-state index in [-0.39, 0.29) is 0 Å². The highest BCUT2D eigenvalue weighted by Gasteiger charge is 2.20. The van der Waals surface area contributed by atoms with E-state index in [0.717, 1.165) is 16.7 Å². The normalized spacial score (nSPS) is 10.8. The lowest BCUT2D eigenvalue weighted by Crippen LogP contribution is -2.32. The Hall–Kier alpha value is -3.23. The Labute approximate surface area is 194 Å². The van der Waals surface area contributed by atoms with Crippen LogP contribution in [0.15, 0.2) is 29.3 Å². The molecule has 0 saturated carbocycles. The van der Waals surface area contributed by atoms with Crippen molar-refractivity contribution in [3.63, 3.8) is 0 Å². The van der Waals surface area contributed by atoms with Crippen molar-refractivity contribution < 1.29 is 9.53 Å². The van der Waals surface area contributed by atoms with Gasteiger partial charge in [-0.2, -0.15) is 10.5 Å². The first kappa shape index (κ1) is 25.0. The lowest BCUT2D eigenvalue weighted by molar-refractivity contribution is 0.0523. The van der Waals surface area contributed by atoms with Gasteiger partial charge in [0, 0.05) is 26.4 Å². The highest BCUT2D eigenvalue weighted by atomic mass is 32.2. The summed E-state index contributed by atoms with van der Waals surface area (Å²) in [6.07, 6.45) is 0.138. The summed E-state index contributed by atoms with van der Waals surface area (Å²) in [4.78, 5) is 18.2. The van der Waals surface area contributed by atoms with E-state index in [2.05, 4.69) is 22.4 Å². The SMILES string of the molecule is CCc1c(C#N)c(SCc2ccc(CNC(=O)OC(C)(C)C)cc2)nc(N(C)C)c1C#N. The van der Waals surface area contributed by atoms with Crippen LogP contribution in [0.25, 0.3) is 0 Å². The molecule has 2 aromatic rings. The molecule has 0 radical (unpaired) electrons. The number of aromatic nitrogens is 1. The van der Waals surface area contributed by atoms with Gasteiger partial charge in [0.25, 0.3) is 0 Å². The molecule has 2 rings (SSSR count). The number of hydrogen-bond donors (Lipinski definition) is 1. The molecule has 1 heterocycles. The van der Waals surface area contributed by atoms with Crippen molar-refractivity contribution in [3.8, 4) is 12.1 Å². The van der Waals surface area contributed by atoms with Gasteiger partial charge in [-0.1, -0.05) is 31.2 Å². The fraction of sp³-hybridized carbons (Fsp3) is 0.417. The Morgan fingerprint density at radius 1 is 1.12 bits per heavy atom. The summed E-state index contributed by atoms with van der Waals surface area (Å²) in [5.41, 5.74) is 3.16. The van der Waals surface area contributed by atoms with Crippen molar-refractivity contribution in [1.82, 2.24) is 10.3 Å². The first-order chi connectivity index (χ1) is 15.1. The van der Waals surface area contributed by atoms with Crippen molar-refractivity contribution in [3.05, 3.63) is 52.1 Å². The molecule has 0 fully saturated rings. The van der Waals surface area contributed by atoms with E-state index in [1.165, 1.54) is 11.8 Å². The summed E-state index contributed by atoms with van der Waals surface area (Å²) < 4.78 is 5.24. The number of thioether (sulfide) groups is 1. The average molecular weight is 452 g/mol. The Bertz CT molecular complexity index is 1040. The maximum Gasteiger partial charge on any atom is 0.407 e. The topological polar surface area (TPSA) is 102 Å². The second kappa shape index (κ2) is 10.9. The molecule has 0 aliphatic carbocycles. The molecule has 7 nitrogen and oxygen atoms in total. The molecule has 0 atom stereocenters. The van der Waals surface area contributed by atoms with Crippen LogP contribution in [-0.2, 0) is 23.5 Å². The third-order valence-electron chi connectivity index (χ3n) is 4.48. The van der Waals surface area contributed by atoms with Crippen LogP contribution in [0.3, 0.4) is 0 Å². The van der Waals surface area contributed by atoms with Crippen molar-refractivity contribution in [1.29, 1.82) is 10.5 Å². The lowest BCUT2D eigenvalue weighted by Gasteiger charge is -2.19. The molecule has 0 spiro atoms. The first-order valence-electron chi connectivity index (χ1n) is 10.3. The number of amides is 1. The van der Waals surface area contributed by atoms with Crippen molar-refractivity contribution in [2.45, 2.75) is 57.0 Å². The summed E-state index contributed by atoms with van der Waals surface area (Å²) in [6, 6.07) is 12.3. The predicted molar refractivity (Wildman–Crippen MR) is 126 cm³/mol. The second-order valence-corrected chi connectivity index (χ2v) is 9.37. The Kier molecular flexibility index (Phi) is 8.51. The number of nitrogens with one attached hydrogen (secondary N) is 1. The molecule has 8 heteroatoms. The molecule has 1 N–H and O–H groups in total. The van der Waals surface area contributed by atoms with Crippen LogP contribution in [0.2, 0.25) is 0 Å². The van der Waals surface area contributed by atoms with E-state index in [0.29, 0.717) is 40.7 Å². The molecular formula is C24H29N5O2S. The Balaban J connectivity index is 2.12. The van der Waals surface area contributed by atoms with Crippen molar-refractivity contribution >= 4 is 23.7 Å². The van der Waals surface area contributed by atoms with Crippen LogP contribution in [0, 0.1) is 22.7 Å². The number of ether oxygens (including phenoxy) is 1. The number of pyridine rings is 1. The summed E-state index contributed by atoms with van der Waals surface area (Å²) in [5, 5.41) is 22.7. The van der Waals surface area contributed by atoms with Gasteiger partial charge in [0.15, 0.2) is 0 Å². The first-order valence-corrected chi connectivity index (χ1v) is 11.3. The van der Waals surface area contributed by atoms with E-state index < -0.39 is 11.7 Å². The van der Waals surface area contributed by atoms with Gasteiger partial charge in [0.05, 0.1) is 11.1 Å². The van der Waals surface area contributed by atoms with Gasteiger partial charge in [-0.05, 0) is 43.9 Å². The van der Waals surface area contributed by atoms with Crippen molar-refractivity contribution in [2.75, 3.05) is 19.0 Å². The minimum atomic E-state index is -0.531. The van der Waals surface area contributed by atoms with E-state index in [1.54, 1.807) is 4.90 Å². The van der Waals surface area contributed by atoms with Gasteiger partial charge in [-0.15, -0.1) is 11.8 Å². The monoisotopic (exact) mass is 451 g/mol. The smallest absolute Gasteiger partial charge is 0.407 e. The molecule has 1 amide bonds. The van der Waals surface area contributed by atoms with Crippen LogP contribution in [-0.4, -0.2) is 30.8 Å². The molecule has 1 aromatic heterocycles. The number of carbonyl (C=O) groups is 1. The summed E-state index contributed by atoms with van der Waals surface area (Å²) in [7, 11) is 3.68. The van der Waals surface area contributed by atoms with Gasteiger partial charge < -0.3 is 15.0 Å². The number of alkyl carbamates (subject to hydrolysis) is 1. The van der Waals surface area contributed by atoms with Gasteiger partial charge >= 0.3 is 6.09 Å². The number of nitrogens with zero attached hydrogens (tertiary/aromatic N) is 4. The fourth-order valence-electron chi connectivity index (χ4n) is 3.00. The molecule has 168 valence electrons. The highest BCUT2D eigenvalue weighted by molar-refractivity contribution is 7.98. The number of nitriles is 2. The molecule has 1 aromatic carbocycles. The predicted octanol–water partition coefficient (Wildman–Crippen LogP) is 4.77. The van der Waals surface area contributed by atoms with Crippen LogP contribution >= 0.6 is 11.8 Å². The lowest BCUT2D eigenvalue weighted by atomic mass is 10.0. The number of carbonyl (C=O) groups excluding carboxylic acids is 1. The van der Waals surface area contributed by atoms with Crippen LogP contribution in [0.1, 0.15) is 55.5 Å². The molecular weight excluding hydrogens is 422 g/mol. The molecule has 0 bridgehead atoms. The van der Waals surface area contributed by atoms with E-state index >= 15 is 0 Å². The van der Waals surface area contributed by atoms with Gasteiger partial charge in [0.2, 0.25) is 0 Å². The number of rotatable bonds is 7. The van der Waals surface area contributed by atoms with Crippen LogP contribution < -0.4 is 10.2 Å². The zero-order valence-electron chi connectivity index (χ0n) is 19.4. The molecule has 0 aliphatic heterocycles. The largest absolute Gasteiger partial charge is 0.444 e. The van der Waals surface area contributed by atoms with Gasteiger partial charge in [0.1, 0.15) is 28.6 Å². The number of benzene rings is 1. The van der Waals surface area contributed by atoms with Gasteiger partial charge in [-0.3, -0.25) is 0 Å². The third-order valence-corrected chi connectivity index (χ3v) is 5.53. The standard InChI is InChI=1S/C24H29N5O2S/c1-7-18-19(12-25)21(29(5)6)28-22(20(18)13-26)32-15-17-10-8-16(9-11-17)14-27-23(30)31-24(2,3)4/h8-11H,7,14-15H2,1-6H3,(H,27,30). The van der Waals surface area contributed by atoms with Crippen LogP contribution in [0.5, 0.6) is 0 Å². The summed E-state index contributed by atoms with van der Waals surface area (Å²) in [6.45, 7) is 7.79. The minimum Gasteiger partial charge on any atom is -0.444 e. The highest BCUT2D eigenvalue weighted by Crippen LogP contribution is 2.32. The van der Waals surface area contributed by atoms with E-state index in [4.69, 9.17) is 4.74 Å². The number of anilines is 1.